The van der Waals surface area contributed by atoms with Crippen molar-refractivity contribution in [2.24, 2.45) is 0 Å². The molecule has 2 rings (SSSR count). The lowest BCUT2D eigenvalue weighted by Gasteiger charge is -2.05. The van der Waals surface area contributed by atoms with E-state index in [0.717, 1.165) is 10.5 Å². The number of rotatable bonds is 2. The molecule has 0 aliphatic heterocycles. The maximum Gasteiger partial charge on any atom is 0.215 e. The Hall–Kier alpha value is -0.780. The van der Waals surface area contributed by atoms with Crippen molar-refractivity contribution in [3.8, 4) is 0 Å². The normalized spacial score (nSPS) is 10.4. The third-order valence-electron chi connectivity index (χ3n) is 2.20. The zero-order valence-corrected chi connectivity index (χ0v) is 12.7. The van der Waals surface area contributed by atoms with E-state index in [4.69, 9.17) is 11.6 Å². The molecule has 92 valence electrons. The Labute approximate surface area is 124 Å². The molecule has 0 atom stereocenters. The largest absolute Gasteiger partial charge is 0.287 e. The molecule has 0 saturated heterocycles. The first-order chi connectivity index (χ1) is 8.49. The van der Waals surface area contributed by atoms with Crippen LogP contribution in [0.3, 0.4) is 0 Å². The highest BCUT2D eigenvalue weighted by Crippen LogP contribution is 2.24. The van der Waals surface area contributed by atoms with Crippen molar-refractivity contribution in [2.75, 3.05) is 0 Å². The lowest BCUT2D eigenvalue weighted by molar-refractivity contribution is 0.103. The number of hydrogen-bond donors (Lipinski definition) is 0. The van der Waals surface area contributed by atoms with Crippen LogP contribution in [0.4, 0.5) is 4.39 Å². The Kier molecular flexibility index (Phi) is 4.14. The van der Waals surface area contributed by atoms with Crippen LogP contribution in [-0.2, 0) is 0 Å². The summed E-state index contributed by atoms with van der Waals surface area (Å²) in [5, 5.41) is 0.242. The van der Waals surface area contributed by atoms with Gasteiger partial charge in [-0.2, -0.15) is 0 Å². The van der Waals surface area contributed by atoms with Crippen LogP contribution in [0.25, 0.3) is 0 Å². The molecule has 1 heterocycles. The first kappa shape index (κ1) is 13.6. The molecule has 0 fully saturated rings. The maximum absolute atomic E-state index is 13.6. The summed E-state index contributed by atoms with van der Waals surface area (Å²) in [5.74, 6) is -1.16. The van der Waals surface area contributed by atoms with E-state index in [1.54, 1.807) is 6.07 Å². The van der Waals surface area contributed by atoms with Crippen molar-refractivity contribution in [1.29, 1.82) is 0 Å². The molecular weight excluding hydrogens is 388 g/mol. The number of carbonyl (C=O) groups excluding carboxylic acids is 1. The Morgan fingerprint density at radius 2 is 2.00 bits per heavy atom. The molecule has 0 bridgehead atoms. The van der Waals surface area contributed by atoms with Crippen LogP contribution < -0.4 is 0 Å². The number of pyridine rings is 1. The van der Waals surface area contributed by atoms with Crippen LogP contribution in [0.2, 0.25) is 5.02 Å². The second kappa shape index (κ2) is 5.47. The molecule has 2 aromatic rings. The quantitative estimate of drug-likeness (QED) is 0.697. The van der Waals surface area contributed by atoms with Gasteiger partial charge in [0.15, 0.2) is 0 Å². The molecule has 0 amide bonds. The Balaban J connectivity index is 2.48. The minimum atomic E-state index is -0.663. The average Bonchev–Trinajstić information content (AvgIpc) is 2.28. The molecule has 1 aromatic heterocycles. The third kappa shape index (κ3) is 2.79. The molecule has 0 unspecified atom stereocenters. The van der Waals surface area contributed by atoms with Gasteiger partial charge in [0.05, 0.1) is 5.56 Å². The number of halogens is 4. The smallest absolute Gasteiger partial charge is 0.215 e. The van der Waals surface area contributed by atoms with E-state index in [9.17, 15) is 9.18 Å². The molecule has 2 nitrogen and oxygen atoms in total. The van der Waals surface area contributed by atoms with E-state index in [-0.39, 0.29) is 16.3 Å². The van der Waals surface area contributed by atoms with E-state index in [0.29, 0.717) is 4.47 Å². The molecule has 0 radical (unpaired) electrons. The summed E-state index contributed by atoms with van der Waals surface area (Å²) in [7, 11) is 0. The van der Waals surface area contributed by atoms with Gasteiger partial charge < -0.3 is 0 Å². The van der Waals surface area contributed by atoms with Crippen molar-refractivity contribution in [2.45, 2.75) is 0 Å². The highest BCUT2D eigenvalue weighted by molar-refractivity contribution is 9.11. The number of hydrogen-bond acceptors (Lipinski definition) is 2. The number of benzene rings is 1. The van der Waals surface area contributed by atoms with Gasteiger partial charge in [0, 0.05) is 20.2 Å². The van der Waals surface area contributed by atoms with Crippen LogP contribution in [0.15, 0.2) is 39.4 Å². The van der Waals surface area contributed by atoms with Crippen LogP contribution in [0.1, 0.15) is 16.1 Å². The predicted octanol–water partition coefficient (Wildman–Crippen LogP) is 4.63. The van der Waals surface area contributed by atoms with Gasteiger partial charge in [0.25, 0.3) is 0 Å². The monoisotopic (exact) mass is 391 g/mol. The van der Waals surface area contributed by atoms with Gasteiger partial charge in [0.1, 0.15) is 11.5 Å². The minimum Gasteiger partial charge on any atom is -0.287 e. The summed E-state index contributed by atoms with van der Waals surface area (Å²) in [4.78, 5) is 16.1. The summed E-state index contributed by atoms with van der Waals surface area (Å²) in [6.45, 7) is 0. The maximum atomic E-state index is 13.6. The van der Waals surface area contributed by atoms with Crippen molar-refractivity contribution < 1.29 is 9.18 Å². The van der Waals surface area contributed by atoms with Gasteiger partial charge in [-0.05, 0) is 56.1 Å². The third-order valence-corrected chi connectivity index (χ3v) is 3.47. The van der Waals surface area contributed by atoms with Crippen molar-refractivity contribution in [1.82, 2.24) is 4.98 Å². The summed E-state index contributed by atoms with van der Waals surface area (Å²) in [6, 6.07) is 5.58. The molecule has 0 spiro atoms. The topological polar surface area (TPSA) is 30.0 Å². The van der Waals surface area contributed by atoms with Crippen LogP contribution >= 0.6 is 43.5 Å². The van der Waals surface area contributed by atoms with Gasteiger partial charge in [-0.15, -0.1) is 0 Å². The lowest BCUT2D eigenvalue weighted by Crippen LogP contribution is -2.07. The van der Waals surface area contributed by atoms with Gasteiger partial charge in [-0.3, -0.25) is 9.78 Å². The number of nitrogens with zero attached hydrogens (tertiary/aromatic N) is 1. The van der Waals surface area contributed by atoms with E-state index in [1.165, 1.54) is 18.3 Å². The van der Waals surface area contributed by atoms with Crippen LogP contribution in [-0.4, -0.2) is 10.8 Å². The molecule has 18 heavy (non-hydrogen) atoms. The van der Waals surface area contributed by atoms with Gasteiger partial charge >= 0.3 is 0 Å². The van der Waals surface area contributed by atoms with Crippen LogP contribution in [0, 0.1) is 5.82 Å². The SMILES string of the molecule is O=C(c1ccc(Cl)cc1F)c1ncc(Br)cc1Br. The fraction of sp³-hybridized carbons (Fsp3) is 0. The minimum absolute atomic E-state index is 0.0603. The van der Waals surface area contributed by atoms with E-state index in [2.05, 4.69) is 36.8 Å². The summed E-state index contributed by atoms with van der Waals surface area (Å²) < 4.78 is 14.9. The highest BCUT2D eigenvalue weighted by atomic mass is 79.9. The molecule has 0 saturated carbocycles. The second-order valence-corrected chi connectivity index (χ2v) is 5.64. The Morgan fingerprint density at radius 1 is 1.28 bits per heavy atom. The van der Waals surface area contributed by atoms with Crippen LogP contribution in [0.5, 0.6) is 0 Å². The number of carbonyl (C=O) groups is 1. The Bertz CT molecular complexity index is 580. The van der Waals surface area contributed by atoms with Crippen molar-refractivity contribution in [3.05, 3.63) is 61.5 Å². The van der Waals surface area contributed by atoms with Gasteiger partial charge in [-0.1, -0.05) is 11.6 Å². The fourth-order valence-electron chi connectivity index (χ4n) is 1.38. The predicted molar refractivity (Wildman–Crippen MR) is 74.5 cm³/mol. The molecule has 1 aromatic carbocycles. The second-order valence-electron chi connectivity index (χ2n) is 3.44. The first-order valence-electron chi connectivity index (χ1n) is 4.80. The fourth-order valence-corrected chi connectivity index (χ4v) is 2.71. The van der Waals surface area contributed by atoms with E-state index in [1.807, 2.05) is 0 Å². The number of aromatic nitrogens is 1. The lowest BCUT2D eigenvalue weighted by atomic mass is 10.1. The highest BCUT2D eigenvalue weighted by Gasteiger charge is 2.18. The van der Waals surface area contributed by atoms with E-state index < -0.39 is 11.6 Å². The van der Waals surface area contributed by atoms with Gasteiger partial charge in [0.2, 0.25) is 5.78 Å². The summed E-state index contributed by atoms with van der Waals surface area (Å²) in [5.41, 5.74) is 0.0920. The number of ketones is 1. The van der Waals surface area contributed by atoms with Crippen molar-refractivity contribution >= 4 is 49.2 Å². The zero-order chi connectivity index (χ0) is 13.3. The molecule has 0 aliphatic rings. The Morgan fingerprint density at radius 3 is 2.61 bits per heavy atom. The van der Waals surface area contributed by atoms with Gasteiger partial charge in [-0.25, -0.2) is 4.39 Å². The first-order valence-corrected chi connectivity index (χ1v) is 6.76. The van der Waals surface area contributed by atoms with Crippen molar-refractivity contribution in [3.63, 3.8) is 0 Å². The molecule has 0 aliphatic carbocycles. The standard InChI is InChI=1S/C12H5Br2ClFNO/c13-6-3-9(14)11(17-5-6)12(18)8-2-1-7(15)4-10(8)16/h1-5H. The molecule has 0 N–H and O–H groups in total. The summed E-state index contributed by atoms with van der Waals surface area (Å²) in [6.07, 6.45) is 1.48. The zero-order valence-electron chi connectivity index (χ0n) is 8.75. The average molecular weight is 393 g/mol. The van der Waals surface area contributed by atoms with E-state index >= 15 is 0 Å². The molecular formula is C12H5Br2ClFNO. The summed E-state index contributed by atoms with van der Waals surface area (Å²) >= 11 is 12.1. The molecule has 6 heteroatoms.